The van der Waals surface area contributed by atoms with E-state index in [1.807, 2.05) is 19.9 Å². The topological polar surface area (TPSA) is 77.7 Å². The Balaban J connectivity index is 1.69. The van der Waals surface area contributed by atoms with Crippen LogP contribution >= 0.6 is 0 Å². The van der Waals surface area contributed by atoms with Crippen LogP contribution in [0, 0.1) is 5.41 Å². The van der Waals surface area contributed by atoms with Crippen LogP contribution in [0.3, 0.4) is 0 Å². The van der Waals surface area contributed by atoms with E-state index in [1.54, 1.807) is 37.3 Å². The van der Waals surface area contributed by atoms with Gasteiger partial charge in [-0.05, 0) is 50.3 Å². The molecule has 6 heteroatoms. The average Bonchev–Trinajstić information content (AvgIpc) is 3.58. The molecule has 2 fully saturated rings. The molecule has 0 amide bonds. The fourth-order valence-corrected chi connectivity index (χ4v) is 3.65. The first-order valence-electron chi connectivity index (χ1n) is 10.6. The molecule has 164 valence electrons. The van der Waals surface area contributed by atoms with Gasteiger partial charge in [-0.3, -0.25) is 0 Å². The van der Waals surface area contributed by atoms with Crippen molar-refractivity contribution in [2.45, 2.75) is 71.4 Å². The number of hydrogen-bond acceptors (Lipinski definition) is 6. The van der Waals surface area contributed by atoms with E-state index in [4.69, 9.17) is 18.9 Å². The van der Waals surface area contributed by atoms with E-state index >= 15 is 0 Å². The van der Waals surface area contributed by atoms with Crippen LogP contribution in [0.1, 0.15) is 68.2 Å². The van der Waals surface area contributed by atoms with Crippen LogP contribution in [0.2, 0.25) is 0 Å². The third kappa shape index (κ3) is 5.92. The van der Waals surface area contributed by atoms with Crippen LogP contribution in [-0.4, -0.2) is 49.1 Å². The van der Waals surface area contributed by atoms with Crippen molar-refractivity contribution in [2.75, 3.05) is 13.2 Å². The van der Waals surface area contributed by atoms with Crippen molar-refractivity contribution in [3.05, 3.63) is 47.5 Å². The van der Waals surface area contributed by atoms with Gasteiger partial charge in [0.2, 0.25) is 0 Å². The Morgan fingerprint density at radius 3 is 2.27 bits per heavy atom. The summed E-state index contributed by atoms with van der Waals surface area (Å²) in [6, 6.07) is 6.61. The molecule has 30 heavy (non-hydrogen) atoms. The molecule has 0 N–H and O–H groups in total. The van der Waals surface area contributed by atoms with Crippen LogP contribution in [0.4, 0.5) is 0 Å². The van der Waals surface area contributed by atoms with E-state index in [0.29, 0.717) is 19.4 Å². The van der Waals surface area contributed by atoms with Gasteiger partial charge in [-0.1, -0.05) is 39.0 Å². The molecule has 0 bridgehead atoms. The monoisotopic (exact) mass is 416 g/mol. The third-order valence-corrected chi connectivity index (χ3v) is 5.74. The van der Waals surface area contributed by atoms with E-state index in [0.717, 1.165) is 6.61 Å². The number of carbonyl (C=O) groups excluding carboxylic acids is 2. The largest absolute Gasteiger partial charge is 0.456 e. The second-order valence-corrected chi connectivity index (χ2v) is 9.09. The minimum absolute atomic E-state index is 0.101. The molecule has 4 unspecified atom stereocenters. The Bertz CT molecular complexity index is 806. The second kappa shape index (κ2) is 8.90. The predicted molar refractivity (Wildman–Crippen MR) is 112 cm³/mol. The maximum Gasteiger partial charge on any atom is 0.339 e. The summed E-state index contributed by atoms with van der Waals surface area (Å²) in [6.45, 7) is 11.4. The fraction of sp³-hybridized carbons (Fsp3) is 0.583. The highest BCUT2D eigenvalue weighted by Gasteiger charge is 2.45. The zero-order valence-electron chi connectivity index (χ0n) is 18.5. The van der Waals surface area contributed by atoms with E-state index in [2.05, 4.69) is 13.8 Å². The number of benzene rings is 1. The van der Waals surface area contributed by atoms with Gasteiger partial charge >= 0.3 is 11.9 Å². The summed E-state index contributed by atoms with van der Waals surface area (Å²) in [4.78, 5) is 25.7. The maximum absolute atomic E-state index is 13.0. The second-order valence-electron chi connectivity index (χ2n) is 9.09. The first-order valence-corrected chi connectivity index (χ1v) is 10.6. The number of ether oxygens (including phenoxy) is 4. The molecular weight excluding hydrogens is 384 g/mol. The van der Waals surface area contributed by atoms with Gasteiger partial charge < -0.3 is 18.9 Å². The quantitative estimate of drug-likeness (QED) is 0.321. The van der Waals surface area contributed by atoms with Crippen molar-refractivity contribution in [1.29, 1.82) is 0 Å². The molecular formula is C24H32O6. The Hall–Kier alpha value is -2.18. The van der Waals surface area contributed by atoms with Gasteiger partial charge in [-0.2, -0.15) is 0 Å². The number of hydrogen-bond donors (Lipinski definition) is 0. The van der Waals surface area contributed by atoms with Gasteiger partial charge in [0.25, 0.3) is 0 Å². The van der Waals surface area contributed by atoms with E-state index in [1.165, 1.54) is 0 Å². The maximum atomic E-state index is 13.0. The predicted octanol–water partition coefficient (Wildman–Crippen LogP) is 4.33. The molecule has 0 saturated carbocycles. The molecule has 1 aromatic rings. The number of epoxide rings is 2. The lowest BCUT2D eigenvalue weighted by molar-refractivity contribution is -0.0357. The SMILES string of the molecule is CCC(C)(CC(C)(C)C1CO1)OC(=O)c1ccccc1C(=O)OC(C)C=CC1CO1. The molecule has 2 aliphatic heterocycles. The molecule has 4 atom stereocenters. The summed E-state index contributed by atoms with van der Waals surface area (Å²) >= 11 is 0. The molecule has 0 aromatic heterocycles. The van der Waals surface area contributed by atoms with Gasteiger partial charge in [0.1, 0.15) is 11.7 Å². The number of carbonyl (C=O) groups is 2. The molecule has 2 saturated heterocycles. The Morgan fingerprint density at radius 2 is 1.73 bits per heavy atom. The summed E-state index contributed by atoms with van der Waals surface area (Å²) in [7, 11) is 0. The first kappa shape index (κ1) is 22.5. The zero-order chi connectivity index (χ0) is 21.9. The summed E-state index contributed by atoms with van der Waals surface area (Å²) in [5.74, 6) is -1.07. The van der Waals surface area contributed by atoms with Gasteiger partial charge in [-0.25, -0.2) is 9.59 Å². The van der Waals surface area contributed by atoms with Crippen molar-refractivity contribution in [1.82, 2.24) is 0 Å². The Labute approximate surface area is 178 Å². The minimum Gasteiger partial charge on any atom is -0.456 e. The molecule has 2 aliphatic rings. The van der Waals surface area contributed by atoms with Crippen LogP contribution in [0.15, 0.2) is 36.4 Å². The average molecular weight is 417 g/mol. The standard InChI is InChI=1S/C24H32O6/c1-6-24(5,15-23(3,4)20-14-28-20)30-22(26)19-10-8-7-9-18(19)21(25)29-16(2)11-12-17-13-27-17/h7-12,16-17,20H,6,13-15H2,1-5H3. The minimum atomic E-state index is -0.663. The van der Waals surface area contributed by atoms with Gasteiger partial charge in [-0.15, -0.1) is 0 Å². The molecule has 1 aromatic carbocycles. The van der Waals surface area contributed by atoms with Crippen molar-refractivity contribution in [3.63, 3.8) is 0 Å². The van der Waals surface area contributed by atoms with Gasteiger partial charge in [0.05, 0.1) is 36.5 Å². The van der Waals surface area contributed by atoms with E-state index < -0.39 is 23.6 Å². The highest BCUT2D eigenvalue weighted by atomic mass is 16.6. The number of esters is 2. The zero-order valence-corrected chi connectivity index (χ0v) is 18.5. The van der Waals surface area contributed by atoms with Crippen molar-refractivity contribution < 1.29 is 28.5 Å². The highest BCUT2D eigenvalue weighted by molar-refractivity contribution is 6.03. The lowest BCUT2D eigenvalue weighted by Crippen LogP contribution is -2.38. The van der Waals surface area contributed by atoms with Crippen LogP contribution < -0.4 is 0 Å². The Morgan fingerprint density at radius 1 is 1.13 bits per heavy atom. The van der Waals surface area contributed by atoms with Crippen LogP contribution in [0.5, 0.6) is 0 Å². The van der Waals surface area contributed by atoms with Crippen LogP contribution in [0.25, 0.3) is 0 Å². The van der Waals surface area contributed by atoms with E-state index in [9.17, 15) is 9.59 Å². The highest BCUT2D eigenvalue weighted by Crippen LogP contribution is 2.41. The first-order chi connectivity index (χ1) is 14.1. The summed E-state index contributed by atoms with van der Waals surface area (Å²) in [6.07, 6.45) is 4.87. The summed E-state index contributed by atoms with van der Waals surface area (Å²) in [5.41, 5.74) is -0.349. The fourth-order valence-electron chi connectivity index (χ4n) is 3.65. The molecule has 6 nitrogen and oxygen atoms in total. The molecule has 0 aliphatic carbocycles. The van der Waals surface area contributed by atoms with Crippen molar-refractivity contribution in [2.24, 2.45) is 5.41 Å². The smallest absolute Gasteiger partial charge is 0.339 e. The van der Waals surface area contributed by atoms with Gasteiger partial charge in [0, 0.05) is 0 Å². The summed E-state index contributed by atoms with van der Waals surface area (Å²) < 4.78 is 22.0. The molecule has 2 heterocycles. The van der Waals surface area contributed by atoms with Crippen molar-refractivity contribution in [3.8, 4) is 0 Å². The third-order valence-electron chi connectivity index (χ3n) is 5.74. The van der Waals surface area contributed by atoms with Gasteiger partial charge in [0.15, 0.2) is 0 Å². The van der Waals surface area contributed by atoms with Crippen LogP contribution in [-0.2, 0) is 18.9 Å². The summed E-state index contributed by atoms with van der Waals surface area (Å²) in [5, 5.41) is 0. The molecule has 3 rings (SSSR count). The normalized spacial score (nSPS) is 23.5. The van der Waals surface area contributed by atoms with E-state index in [-0.39, 0.29) is 28.7 Å². The molecule has 0 radical (unpaired) electrons. The van der Waals surface area contributed by atoms with Crippen molar-refractivity contribution >= 4 is 11.9 Å². The Kier molecular flexibility index (Phi) is 6.68. The lowest BCUT2D eigenvalue weighted by Gasteiger charge is -2.36. The lowest BCUT2D eigenvalue weighted by atomic mass is 9.77. The number of rotatable bonds is 10. The molecule has 0 spiro atoms.